The number of ether oxygens (including phenoxy) is 4. The Morgan fingerprint density at radius 3 is 2.44 bits per heavy atom. The van der Waals surface area contributed by atoms with Gasteiger partial charge in [-0.15, -0.1) is 0 Å². The Labute approximate surface area is 244 Å². The van der Waals surface area contributed by atoms with E-state index in [0.717, 1.165) is 44.1 Å². The molecule has 6 aliphatic rings. The summed E-state index contributed by atoms with van der Waals surface area (Å²) in [5, 5.41) is 26.4. The van der Waals surface area contributed by atoms with E-state index in [1.807, 2.05) is 6.92 Å². The van der Waals surface area contributed by atoms with Crippen molar-refractivity contribution in [3.63, 3.8) is 0 Å². The summed E-state index contributed by atoms with van der Waals surface area (Å²) in [5.74, 6) is 0.546. The van der Waals surface area contributed by atoms with Crippen molar-refractivity contribution in [1.29, 1.82) is 0 Å². The average Bonchev–Trinajstić information content (AvgIpc) is 3.50. The molecule has 4 aliphatic carbocycles. The lowest BCUT2D eigenvalue weighted by Gasteiger charge is -2.65. The van der Waals surface area contributed by atoms with E-state index in [1.54, 1.807) is 27.4 Å². The van der Waals surface area contributed by atoms with E-state index < -0.39 is 17.1 Å². The lowest BCUT2D eigenvalue weighted by atomic mass is 9.42. The van der Waals surface area contributed by atoms with Crippen LogP contribution in [0.4, 0.5) is 0 Å². The van der Waals surface area contributed by atoms with E-state index in [2.05, 4.69) is 18.9 Å². The molecule has 41 heavy (non-hydrogen) atoms. The SMILES string of the molecule is CO[C@@H]1[C@@H](C)O[C@@H](N(OC)[C@@H]2CC[C@@]3(C)[C@H](CC[C@@H]4[C@@H]3C[C@@H](O)[C@]3(C)[C@@H](C5=CC(=O)OC5)CC[C@]43O)C2)C[C@H]1OC. The molecule has 1 saturated heterocycles. The zero-order chi connectivity index (χ0) is 29.3. The molecule has 5 fully saturated rings. The number of esters is 1. The number of hydrogen-bond acceptors (Lipinski definition) is 9. The molecular formula is C32H51NO8. The van der Waals surface area contributed by atoms with Crippen LogP contribution in [0, 0.1) is 34.5 Å². The highest BCUT2D eigenvalue weighted by Gasteiger charge is 2.71. The Morgan fingerprint density at radius 1 is 1.00 bits per heavy atom. The molecule has 2 aliphatic heterocycles. The number of carbonyl (C=O) groups excluding carboxylic acids is 1. The normalized spacial score (nSPS) is 51.5. The zero-order valence-electron chi connectivity index (χ0n) is 25.7. The summed E-state index contributed by atoms with van der Waals surface area (Å²) in [7, 11) is 5.18. The maximum Gasteiger partial charge on any atom is 0.331 e. The van der Waals surface area contributed by atoms with Gasteiger partial charge in [0.25, 0.3) is 0 Å². The Balaban J connectivity index is 1.20. The van der Waals surface area contributed by atoms with Crippen LogP contribution in [0.25, 0.3) is 0 Å². The van der Waals surface area contributed by atoms with Crippen molar-refractivity contribution in [3.05, 3.63) is 11.6 Å². The second-order valence-electron chi connectivity index (χ2n) is 14.3. The van der Waals surface area contributed by atoms with E-state index >= 15 is 0 Å². The predicted molar refractivity (Wildman–Crippen MR) is 150 cm³/mol. The summed E-state index contributed by atoms with van der Waals surface area (Å²) in [6.45, 7) is 6.81. The predicted octanol–water partition coefficient (Wildman–Crippen LogP) is 3.61. The molecule has 0 spiro atoms. The number of rotatable bonds is 6. The first-order valence-electron chi connectivity index (χ1n) is 15.8. The van der Waals surface area contributed by atoms with Crippen LogP contribution >= 0.6 is 0 Å². The standard InChI is InChI=1S/C32H51NO8/c1-18-29(38-5)25(37-4)16-27(41-18)33(39-6)21-9-11-30(2)20(14-21)7-8-23-24(30)15-26(34)31(3)22(10-12-32(23,31)36)19-13-28(35)40-17-19/h13,18,20-27,29,34,36H,7-12,14-17H2,1-6H3/t18-,20-,21-,22-,23-,24+,25-,26-,27-,29-,30+,31+,32+/m1/s1. The maximum absolute atomic E-state index is 12.5. The largest absolute Gasteiger partial charge is 0.458 e. The molecule has 4 saturated carbocycles. The second kappa shape index (κ2) is 10.8. The summed E-state index contributed by atoms with van der Waals surface area (Å²) in [4.78, 5) is 17.9. The van der Waals surface area contributed by atoms with Crippen LogP contribution in [0.15, 0.2) is 11.6 Å². The first kappa shape index (κ1) is 30.0. The Morgan fingerprint density at radius 2 is 1.78 bits per heavy atom. The minimum atomic E-state index is -0.949. The minimum absolute atomic E-state index is 0.0297. The molecule has 9 heteroatoms. The molecule has 9 nitrogen and oxygen atoms in total. The van der Waals surface area contributed by atoms with Crippen molar-refractivity contribution in [2.75, 3.05) is 27.9 Å². The van der Waals surface area contributed by atoms with Gasteiger partial charge in [-0.1, -0.05) is 13.8 Å². The highest BCUT2D eigenvalue weighted by atomic mass is 16.7. The molecule has 13 atom stereocenters. The summed E-state index contributed by atoms with van der Waals surface area (Å²) < 4.78 is 23.1. The topological polar surface area (TPSA) is 107 Å². The Hall–Kier alpha value is -1.07. The molecule has 6 rings (SSSR count). The van der Waals surface area contributed by atoms with Gasteiger partial charge in [0.1, 0.15) is 18.9 Å². The average molecular weight is 578 g/mol. The third-order valence-corrected chi connectivity index (χ3v) is 13.1. The first-order chi connectivity index (χ1) is 19.5. The van der Waals surface area contributed by atoms with Crippen molar-refractivity contribution in [1.82, 2.24) is 5.06 Å². The van der Waals surface area contributed by atoms with Gasteiger partial charge in [0.05, 0.1) is 31.0 Å². The number of fused-ring (bicyclic) bond motifs is 5. The highest BCUT2D eigenvalue weighted by molar-refractivity contribution is 5.85. The van der Waals surface area contributed by atoms with Crippen LogP contribution in [-0.2, 0) is 28.6 Å². The minimum Gasteiger partial charge on any atom is -0.458 e. The third kappa shape index (κ3) is 4.39. The van der Waals surface area contributed by atoms with Crippen molar-refractivity contribution < 1.29 is 38.8 Å². The van der Waals surface area contributed by atoms with E-state index in [1.165, 1.54) is 0 Å². The van der Waals surface area contributed by atoms with Gasteiger partial charge >= 0.3 is 5.97 Å². The van der Waals surface area contributed by atoms with E-state index in [0.29, 0.717) is 25.2 Å². The lowest BCUT2D eigenvalue weighted by Crippen LogP contribution is -2.67. The zero-order valence-corrected chi connectivity index (χ0v) is 25.7. The van der Waals surface area contributed by atoms with Crippen LogP contribution in [0.5, 0.6) is 0 Å². The highest BCUT2D eigenvalue weighted by Crippen LogP contribution is 2.70. The molecule has 0 radical (unpaired) electrons. The van der Waals surface area contributed by atoms with Crippen LogP contribution < -0.4 is 0 Å². The van der Waals surface area contributed by atoms with Crippen molar-refractivity contribution in [2.24, 2.45) is 34.5 Å². The van der Waals surface area contributed by atoms with E-state index in [-0.39, 0.29) is 66.3 Å². The quantitative estimate of drug-likeness (QED) is 0.362. The molecule has 2 heterocycles. The number of cyclic esters (lactones) is 1. The fourth-order valence-electron chi connectivity index (χ4n) is 10.9. The van der Waals surface area contributed by atoms with Crippen LogP contribution in [0.2, 0.25) is 0 Å². The van der Waals surface area contributed by atoms with Crippen LogP contribution in [-0.4, -0.2) is 91.5 Å². The molecule has 0 aromatic carbocycles. The summed E-state index contributed by atoms with van der Waals surface area (Å²) >= 11 is 0. The van der Waals surface area contributed by atoms with E-state index in [9.17, 15) is 15.0 Å². The van der Waals surface area contributed by atoms with Gasteiger partial charge < -0.3 is 29.2 Å². The summed E-state index contributed by atoms with van der Waals surface area (Å²) in [5.41, 5.74) is -0.640. The fraction of sp³-hybridized carbons (Fsp3) is 0.906. The molecule has 0 aromatic heterocycles. The third-order valence-electron chi connectivity index (χ3n) is 13.1. The number of hydroxylamine groups is 2. The number of carbonyl (C=O) groups is 1. The molecule has 232 valence electrons. The van der Waals surface area contributed by atoms with Gasteiger partial charge in [0, 0.05) is 38.2 Å². The van der Waals surface area contributed by atoms with Gasteiger partial charge in [-0.2, -0.15) is 5.06 Å². The summed E-state index contributed by atoms with van der Waals surface area (Å²) in [6.07, 6.45) is 8.36. The number of nitrogens with zero attached hydrogens (tertiary/aromatic N) is 1. The Bertz CT molecular complexity index is 1040. The van der Waals surface area contributed by atoms with Crippen molar-refractivity contribution in [2.45, 2.75) is 121 Å². The van der Waals surface area contributed by atoms with E-state index in [4.69, 9.17) is 23.8 Å². The van der Waals surface area contributed by atoms with Gasteiger partial charge in [-0.05, 0) is 93.0 Å². The van der Waals surface area contributed by atoms with Crippen molar-refractivity contribution in [3.8, 4) is 0 Å². The molecule has 2 N–H and O–H groups in total. The molecule has 0 bridgehead atoms. The first-order valence-corrected chi connectivity index (χ1v) is 15.8. The number of methoxy groups -OCH3 is 2. The number of aliphatic hydroxyl groups excluding tert-OH is 1. The van der Waals surface area contributed by atoms with Crippen LogP contribution in [0.1, 0.15) is 78.6 Å². The van der Waals surface area contributed by atoms with Gasteiger partial charge in [-0.25, -0.2) is 4.79 Å². The second-order valence-corrected chi connectivity index (χ2v) is 14.3. The van der Waals surface area contributed by atoms with Gasteiger partial charge in [0.2, 0.25) is 0 Å². The molecule has 0 amide bonds. The number of hydrogen-bond donors (Lipinski definition) is 2. The lowest BCUT2D eigenvalue weighted by molar-refractivity contribution is -0.316. The smallest absolute Gasteiger partial charge is 0.331 e. The molecular weight excluding hydrogens is 526 g/mol. The Kier molecular flexibility index (Phi) is 7.91. The number of aliphatic hydroxyl groups is 2. The van der Waals surface area contributed by atoms with Gasteiger partial charge in [-0.3, -0.25) is 4.84 Å². The molecule has 0 aromatic rings. The maximum atomic E-state index is 12.5. The summed E-state index contributed by atoms with van der Waals surface area (Å²) in [6, 6.07) is 0.230. The van der Waals surface area contributed by atoms with Crippen molar-refractivity contribution >= 4 is 5.97 Å². The fourth-order valence-corrected chi connectivity index (χ4v) is 10.9. The molecule has 0 unspecified atom stereocenters. The van der Waals surface area contributed by atoms with Gasteiger partial charge in [0.15, 0.2) is 0 Å². The van der Waals surface area contributed by atoms with Crippen LogP contribution in [0.3, 0.4) is 0 Å². The monoisotopic (exact) mass is 577 g/mol.